The maximum absolute atomic E-state index is 12.4. The molecular formula is C19H23ClN4O4. The van der Waals surface area contributed by atoms with E-state index in [2.05, 4.69) is 36.0 Å². The number of halogens is 1. The molecule has 9 heteroatoms. The molecule has 150 valence electrons. The van der Waals surface area contributed by atoms with Gasteiger partial charge in [0.05, 0.1) is 4.92 Å². The van der Waals surface area contributed by atoms with Crippen molar-refractivity contribution in [3.8, 4) is 11.4 Å². The van der Waals surface area contributed by atoms with E-state index >= 15 is 0 Å². The van der Waals surface area contributed by atoms with Crippen molar-refractivity contribution in [2.75, 3.05) is 0 Å². The van der Waals surface area contributed by atoms with E-state index in [9.17, 15) is 14.9 Å². The van der Waals surface area contributed by atoms with Gasteiger partial charge in [0.2, 0.25) is 0 Å². The second-order valence-corrected chi connectivity index (χ2v) is 8.10. The van der Waals surface area contributed by atoms with Crippen LogP contribution in [-0.4, -0.2) is 32.2 Å². The summed E-state index contributed by atoms with van der Waals surface area (Å²) in [6.45, 7) is 6.45. The lowest BCUT2D eigenvalue weighted by atomic mass is 9.75. The Hall–Kier alpha value is -2.48. The second kappa shape index (κ2) is 8.26. The number of aromatic nitrogens is 3. The van der Waals surface area contributed by atoms with Crippen LogP contribution < -0.4 is 0 Å². The zero-order chi connectivity index (χ0) is 20.4. The van der Waals surface area contributed by atoms with Crippen LogP contribution in [0.3, 0.4) is 0 Å². The molecule has 0 amide bonds. The number of H-pyrrole nitrogens is 1. The van der Waals surface area contributed by atoms with E-state index in [0.717, 1.165) is 12.8 Å². The average Bonchev–Trinajstić information content (AvgIpc) is 3.06. The van der Waals surface area contributed by atoms with Crippen molar-refractivity contribution in [2.45, 2.75) is 46.1 Å². The SMILES string of the molecule is CC1CC(C)C(OC(=O)Cc2nc(-c3ccc(Cl)c([N+](=O)[O-])c3)n[nH]2)C(C)C1. The van der Waals surface area contributed by atoms with Gasteiger partial charge in [0.1, 0.15) is 23.4 Å². The van der Waals surface area contributed by atoms with Gasteiger partial charge in [-0.05, 0) is 42.7 Å². The summed E-state index contributed by atoms with van der Waals surface area (Å²) < 4.78 is 5.72. The summed E-state index contributed by atoms with van der Waals surface area (Å²) in [7, 11) is 0. The lowest BCUT2D eigenvalue weighted by molar-refractivity contribution is -0.384. The van der Waals surface area contributed by atoms with Gasteiger partial charge >= 0.3 is 5.97 Å². The normalized spacial score (nSPS) is 24.7. The zero-order valence-corrected chi connectivity index (χ0v) is 16.8. The first-order valence-electron chi connectivity index (χ1n) is 9.29. The summed E-state index contributed by atoms with van der Waals surface area (Å²) in [4.78, 5) is 27.1. The van der Waals surface area contributed by atoms with Crippen molar-refractivity contribution in [3.63, 3.8) is 0 Å². The Bertz CT molecular complexity index is 873. The predicted molar refractivity (Wildman–Crippen MR) is 104 cm³/mol. The van der Waals surface area contributed by atoms with Gasteiger partial charge in [0, 0.05) is 11.6 Å². The number of nitro groups is 1. The highest BCUT2D eigenvalue weighted by molar-refractivity contribution is 6.32. The van der Waals surface area contributed by atoms with Gasteiger partial charge in [0.25, 0.3) is 5.69 Å². The smallest absolute Gasteiger partial charge is 0.313 e. The number of carbonyl (C=O) groups excluding carboxylic acids is 1. The quantitative estimate of drug-likeness (QED) is 0.452. The number of nitrogens with zero attached hydrogens (tertiary/aromatic N) is 3. The molecule has 1 aliphatic rings. The van der Waals surface area contributed by atoms with E-state index in [1.54, 1.807) is 6.07 Å². The van der Waals surface area contributed by atoms with Gasteiger partial charge in [-0.1, -0.05) is 32.4 Å². The van der Waals surface area contributed by atoms with Crippen LogP contribution in [0.1, 0.15) is 39.4 Å². The van der Waals surface area contributed by atoms with E-state index in [-0.39, 0.29) is 35.0 Å². The van der Waals surface area contributed by atoms with Crippen LogP contribution in [0, 0.1) is 27.9 Å². The minimum atomic E-state index is -0.565. The van der Waals surface area contributed by atoms with Gasteiger partial charge in [-0.3, -0.25) is 20.0 Å². The number of benzene rings is 1. The van der Waals surface area contributed by atoms with Crippen molar-refractivity contribution in [3.05, 3.63) is 39.2 Å². The molecule has 1 saturated carbocycles. The Labute approximate surface area is 167 Å². The molecule has 2 aromatic rings. The van der Waals surface area contributed by atoms with E-state index in [0.29, 0.717) is 29.1 Å². The Morgan fingerprint density at radius 3 is 2.64 bits per heavy atom. The average molecular weight is 407 g/mol. The van der Waals surface area contributed by atoms with Crippen molar-refractivity contribution >= 4 is 23.3 Å². The Balaban J connectivity index is 1.67. The highest BCUT2D eigenvalue weighted by Gasteiger charge is 2.34. The molecule has 0 aliphatic heterocycles. The summed E-state index contributed by atoms with van der Waals surface area (Å²) in [6, 6.07) is 4.32. The third kappa shape index (κ3) is 4.49. The zero-order valence-electron chi connectivity index (χ0n) is 16.0. The fourth-order valence-corrected chi connectivity index (χ4v) is 4.24. The molecule has 1 aromatic heterocycles. The number of aromatic amines is 1. The molecule has 8 nitrogen and oxygen atoms in total. The molecule has 0 bridgehead atoms. The van der Waals surface area contributed by atoms with Crippen LogP contribution in [0.4, 0.5) is 5.69 Å². The van der Waals surface area contributed by atoms with Crippen molar-refractivity contribution in [2.24, 2.45) is 17.8 Å². The molecule has 2 unspecified atom stereocenters. The topological polar surface area (TPSA) is 111 Å². The Morgan fingerprint density at radius 1 is 1.32 bits per heavy atom. The minimum Gasteiger partial charge on any atom is -0.461 e. The second-order valence-electron chi connectivity index (χ2n) is 7.69. The molecule has 3 rings (SSSR count). The highest BCUT2D eigenvalue weighted by Crippen LogP contribution is 2.35. The molecular weight excluding hydrogens is 384 g/mol. The van der Waals surface area contributed by atoms with E-state index in [1.165, 1.54) is 12.1 Å². The van der Waals surface area contributed by atoms with E-state index in [4.69, 9.17) is 16.3 Å². The number of nitro benzene ring substituents is 1. The van der Waals surface area contributed by atoms with Crippen LogP contribution in [0.15, 0.2) is 18.2 Å². The maximum Gasteiger partial charge on any atom is 0.313 e. The number of ether oxygens (including phenoxy) is 1. The fourth-order valence-electron chi connectivity index (χ4n) is 4.05. The van der Waals surface area contributed by atoms with Crippen LogP contribution in [-0.2, 0) is 16.0 Å². The monoisotopic (exact) mass is 406 g/mol. The summed E-state index contributed by atoms with van der Waals surface area (Å²) in [5, 5.41) is 17.8. The number of nitrogens with one attached hydrogen (secondary N) is 1. The lowest BCUT2D eigenvalue weighted by Gasteiger charge is -2.37. The van der Waals surface area contributed by atoms with Crippen molar-refractivity contribution in [1.82, 2.24) is 15.2 Å². The van der Waals surface area contributed by atoms with Crippen LogP contribution in [0.5, 0.6) is 0 Å². The molecule has 0 spiro atoms. The maximum atomic E-state index is 12.4. The van der Waals surface area contributed by atoms with Gasteiger partial charge in [-0.25, -0.2) is 4.98 Å². The van der Waals surface area contributed by atoms with Gasteiger partial charge in [-0.15, -0.1) is 0 Å². The number of hydrogen-bond donors (Lipinski definition) is 1. The molecule has 1 N–H and O–H groups in total. The predicted octanol–water partition coefficient (Wildman–Crippen LogP) is 4.19. The fraction of sp³-hybridized carbons (Fsp3) is 0.526. The third-order valence-electron chi connectivity index (χ3n) is 5.18. The first-order valence-corrected chi connectivity index (χ1v) is 9.67. The first kappa shape index (κ1) is 20.3. The number of rotatable bonds is 5. The molecule has 1 heterocycles. The number of carbonyl (C=O) groups is 1. The van der Waals surface area contributed by atoms with Crippen LogP contribution >= 0.6 is 11.6 Å². The number of esters is 1. The lowest BCUT2D eigenvalue weighted by Crippen LogP contribution is -2.37. The van der Waals surface area contributed by atoms with Crippen molar-refractivity contribution < 1.29 is 14.5 Å². The minimum absolute atomic E-state index is 0.0336. The van der Waals surface area contributed by atoms with E-state index in [1.807, 2.05) is 0 Å². The summed E-state index contributed by atoms with van der Waals surface area (Å²) in [6.07, 6.45) is 1.97. The Kier molecular flexibility index (Phi) is 5.98. The van der Waals surface area contributed by atoms with Crippen molar-refractivity contribution in [1.29, 1.82) is 0 Å². The molecule has 1 aromatic carbocycles. The standard InChI is InChI=1S/C19H23ClN4O4/c1-10-6-11(2)18(12(3)7-10)28-17(25)9-16-21-19(23-22-16)13-4-5-14(20)15(8-13)24(26)27/h4-5,8,10-12,18H,6-7,9H2,1-3H3,(H,21,22,23). The summed E-state index contributed by atoms with van der Waals surface area (Å²) >= 11 is 5.83. The van der Waals surface area contributed by atoms with Crippen LogP contribution in [0.25, 0.3) is 11.4 Å². The van der Waals surface area contributed by atoms with Gasteiger partial charge in [0.15, 0.2) is 5.82 Å². The van der Waals surface area contributed by atoms with Gasteiger partial charge < -0.3 is 4.74 Å². The third-order valence-corrected chi connectivity index (χ3v) is 5.50. The van der Waals surface area contributed by atoms with E-state index < -0.39 is 4.92 Å². The first-order chi connectivity index (χ1) is 13.2. The molecule has 1 fully saturated rings. The summed E-state index contributed by atoms with van der Waals surface area (Å²) in [5.74, 6) is 1.53. The largest absolute Gasteiger partial charge is 0.461 e. The molecule has 1 aliphatic carbocycles. The molecule has 2 atom stereocenters. The highest BCUT2D eigenvalue weighted by atomic mass is 35.5. The molecule has 28 heavy (non-hydrogen) atoms. The molecule has 0 radical (unpaired) electrons. The van der Waals surface area contributed by atoms with Crippen LogP contribution in [0.2, 0.25) is 5.02 Å². The number of hydrogen-bond acceptors (Lipinski definition) is 6. The summed E-state index contributed by atoms with van der Waals surface area (Å²) in [5.41, 5.74) is 0.218. The molecule has 0 saturated heterocycles. The Morgan fingerprint density at radius 2 is 2.00 bits per heavy atom. The van der Waals surface area contributed by atoms with Gasteiger partial charge in [-0.2, -0.15) is 5.10 Å².